The fourth-order valence-corrected chi connectivity index (χ4v) is 4.41. The Balaban J connectivity index is 1.42. The number of benzene rings is 2. The molecule has 0 bridgehead atoms. The Morgan fingerprint density at radius 2 is 2.00 bits per heavy atom. The lowest BCUT2D eigenvalue weighted by atomic mass is 10.00. The lowest BCUT2D eigenvalue weighted by molar-refractivity contribution is 0.0454. The number of ether oxygens (including phenoxy) is 1. The van der Waals surface area contributed by atoms with E-state index in [9.17, 15) is 9.90 Å². The van der Waals surface area contributed by atoms with Crippen molar-refractivity contribution in [3.8, 4) is 5.75 Å². The van der Waals surface area contributed by atoms with Crippen LogP contribution in [0.5, 0.6) is 5.75 Å². The molecule has 148 valence electrons. The van der Waals surface area contributed by atoms with Gasteiger partial charge in [-0.15, -0.1) is 0 Å². The van der Waals surface area contributed by atoms with E-state index in [0.29, 0.717) is 30.9 Å². The topological polar surface area (TPSA) is 53.0 Å². The lowest BCUT2D eigenvalue weighted by Gasteiger charge is -2.32. The van der Waals surface area contributed by atoms with Gasteiger partial charge in [-0.3, -0.25) is 9.69 Å². The number of aliphatic hydroxyl groups is 1. The highest BCUT2D eigenvalue weighted by Crippen LogP contribution is 2.28. The zero-order valence-corrected chi connectivity index (χ0v) is 17.6. The fraction of sp³-hybridized carbons (Fsp3) is 0.409. The molecule has 2 aliphatic rings. The van der Waals surface area contributed by atoms with Crippen molar-refractivity contribution in [2.24, 2.45) is 0 Å². The van der Waals surface area contributed by atoms with Crippen LogP contribution in [-0.4, -0.2) is 59.2 Å². The van der Waals surface area contributed by atoms with Gasteiger partial charge in [-0.25, -0.2) is 0 Å². The summed E-state index contributed by atoms with van der Waals surface area (Å²) in [6.07, 6.45) is 0.269. The molecule has 0 saturated carbocycles. The standard InChI is InChI=1S/C22H25BrN2O3/c1-15-11-25(22(27)20-7-6-18(23)10-21(20)28-15)14-19(26)13-24-9-8-16-4-2-3-5-17(16)12-24/h2-7,10,15,19,26H,8-9,11-14H2,1H3/t15?,19-/m1/s1. The van der Waals surface area contributed by atoms with Crippen molar-refractivity contribution in [1.82, 2.24) is 9.80 Å². The third-order valence-electron chi connectivity index (χ3n) is 5.38. The number of fused-ring (bicyclic) bond motifs is 2. The van der Waals surface area contributed by atoms with Crippen LogP contribution in [0.2, 0.25) is 0 Å². The molecule has 0 radical (unpaired) electrons. The van der Waals surface area contributed by atoms with Gasteiger partial charge in [0.1, 0.15) is 11.9 Å². The minimum absolute atomic E-state index is 0.0881. The molecule has 1 unspecified atom stereocenters. The van der Waals surface area contributed by atoms with E-state index in [0.717, 1.165) is 24.0 Å². The molecule has 5 nitrogen and oxygen atoms in total. The van der Waals surface area contributed by atoms with Crippen molar-refractivity contribution in [2.75, 3.05) is 26.2 Å². The molecule has 0 aromatic heterocycles. The van der Waals surface area contributed by atoms with E-state index < -0.39 is 6.10 Å². The zero-order valence-electron chi connectivity index (χ0n) is 16.0. The molecule has 2 heterocycles. The summed E-state index contributed by atoms with van der Waals surface area (Å²) in [6.45, 7) is 5.05. The van der Waals surface area contributed by atoms with Crippen LogP contribution in [-0.2, 0) is 13.0 Å². The maximum absolute atomic E-state index is 13.0. The van der Waals surface area contributed by atoms with Gasteiger partial charge in [0, 0.05) is 30.7 Å². The summed E-state index contributed by atoms with van der Waals surface area (Å²) < 4.78 is 6.80. The summed E-state index contributed by atoms with van der Waals surface area (Å²) in [6, 6.07) is 13.9. The van der Waals surface area contributed by atoms with Crippen LogP contribution >= 0.6 is 15.9 Å². The zero-order chi connectivity index (χ0) is 19.7. The predicted octanol–water partition coefficient (Wildman–Crippen LogP) is 3.09. The number of hydrogen-bond acceptors (Lipinski definition) is 4. The number of carbonyl (C=O) groups excluding carboxylic acids is 1. The molecule has 1 N–H and O–H groups in total. The number of hydrogen-bond donors (Lipinski definition) is 1. The summed E-state index contributed by atoms with van der Waals surface area (Å²) in [5, 5.41) is 10.7. The second-order valence-corrected chi connectivity index (χ2v) is 8.60. The van der Waals surface area contributed by atoms with E-state index >= 15 is 0 Å². The highest BCUT2D eigenvalue weighted by Gasteiger charge is 2.29. The Morgan fingerprint density at radius 1 is 1.21 bits per heavy atom. The average molecular weight is 445 g/mol. The van der Waals surface area contributed by atoms with Crippen molar-refractivity contribution in [2.45, 2.75) is 32.1 Å². The molecule has 4 rings (SSSR count). The Hall–Kier alpha value is -1.89. The largest absolute Gasteiger partial charge is 0.488 e. The second kappa shape index (κ2) is 8.23. The number of amides is 1. The molecular formula is C22H25BrN2O3. The van der Waals surface area contributed by atoms with Crippen molar-refractivity contribution in [3.05, 3.63) is 63.6 Å². The van der Waals surface area contributed by atoms with Crippen LogP contribution in [0.1, 0.15) is 28.4 Å². The highest BCUT2D eigenvalue weighted by atomic mass is 79.9. The van der Waals surface area contributed by atoms with Gasteiger partial charge in [0.25, 0.3) is 5.91 Å². The number of aliphatic hydroxyl groups excluding tert-OH is 1. The summed E-state index contributed by atoms with van der Waals surface area (Å²) in [7, 11) is 0. The molecule has 0 saturated heterocycles. The van der Waals surface area contributed by atoms with Gasteiger partial charge in [-0.1, -0.05) is 40.2 Å². The Kier molecular flexibility index (Phi) is 5.71. The van der Waals surface area contributed by atoms with E-state index in [2.05, 4.69) is 45.1 Å². The van der Waals surface area contributed by atoms with Gasteiger partial charge in [-0.05, 0) is 42.7 Å². The second-order valence-electron chi connectivity index (χ2n) is 7.69. The first kappa shape index (κ1) is 19.4. The fourth-order valence-electron chi connectivity index (χ4n) is 4.07. The van der Waals surface area contributed by atoms with Crippen molar-refractivity contribution in [1.29, 1.82) is 0 Å². The summed E-state index contributed by atoms with van der Waals surface area (Å²) in [4.78, 5) is 17.0. The number of nitrogens with zero attached hydrogens (tertiary/aromatic N) is 2. The van der Waals surface area contributed by atoms with Crippen LogP contribution in [0.15, 0.2) is 46.9 Å². The average Bonchev–Trinajstić information content (AvgIpc) is 2.77. The van der Waals surface area contributed by atoms with Gasteiger partial charge in [-0.2, -0.15) is 0 Å². The normalized spacial score (nSPS) is 20.8. The van der Waals surface area contributed by atoms with E-state index in [-0.39, 0.29) is 12.0 Å². The number of carbonyl (C=O) groups is 1. The summed E-state index contributed by atoms with van der Waals surface area (Å²) in [5.74, 6) is 0.506. The van der Waals surface area contributed by atoms with Crippen LogP contribution in [0.3, 0.4) is 0 Å². The molecule has 2 atom stereocenters. The smallest absolute Gasteiger partial charge is 0.257 e. The third kappa shape index (κ3) is 4.24. The van der Waals surface area contributed by atoms with E-state index in [1.807, 2.05) is 19.1 Å². The number of β-amino-alcohol motifs (C(OH)–C–C–N with tert-alkyl or cyclic N) is 1. The molecule has 0 spiro atoms. The summed E-state index contributed by atoms with van der Waals surface area (Å²) in [5.41, 5.74) is 3.27. The number of rotatable bonds is 4. The molecule has 2 aromatic rings. The first-order valence-corrected chi connectivity index (χ1v) is 10.5. The van der Waals surface area contributed by atoms with Crippen molar-refractivity contribution < 1.29 is 14.6 Å². The molecule has 6 heteroatoms. The Bertz CT molecular complexity index is 873. The van der Waals surface area contributed by atoms with Gasteiger partial charge in [0.2, 0.25) is 0 Å². The van der Waals surface area contributed by atoms with Gasteiger partial charge in [0.15, 0.2) is 0 Å². The van der Waals surface area contributed by atoms with Gasteiger partial charge in [0.05, 0.1) is 18.2 Å². The summed E-state index contributed by atoms with van der Waals surface area (Å²) >= 11 is 3.43. The molecule has 0 fully saturated rings. The minimum Gasteiger partial charge on any atom is -0.488 e. The Labute approximate surface area is 174 Å². The lowest BCUT2D eigenvalue weighted by Crippen LogP contribution is -2.45. The number of halogens is 1. The molecule has 0 aliphatic carbocycles. The Morgan fingerprint density at radius 3 is 2.82 bits per heavy atom. The maximum atomic E-state index is 13.0. The van der Waals surface area contributed by atoms with Crippen molar-refractivity contribution in [3.63, 3.8) is 0 Å². The third-order valence-corrected chi connectivity index (χ3v) is 5.87. The van der Waals surface area contributed by atoms with Crippen LogP contribution in [0.4, 0.5) is 0 Å². The van der Waals surface area contributed by atoms with E-state index in [1.165, 1.54) is 11.1 Å². The molecule has 28 heavy (non-hydrogen) atoms. The monoisotopic (exact) mass is 444 g/mol. The first-order chi connectivity index (χ1) is 13.5. The van der Waals surface area contributed by atoms with Gasteiger partial charge >= 0.3 is 0 Å². The molecular weight excluding hydrogens is 420 g/mol. The van der Waals surface area contributed by atoms with E-state index in [1.54, 1.807) is 11.0 Å². The van der Waals surface area contributed by atoms with E-state index in [4.69, 9.17) is 4.74 Å². The molecule has 1 amide bonds. The van der Waals surface area contributed by atoms with Crippen LogP contribution in [0, 0.1) is 0 Å². The highest BCUT2D eigenvalue weighted by molar-refractivity contribution is 9.10. The quantitative estimate of drug-likeness (QED) is 0.786. The molecule has 2 aliphatic heterocycles. The maximum Gasteiger partial charge on any atom is 0.257 e. The predicted molar refractivity (Wildman–Crippen MR) is 112 cm³/mol. The SMILES string of the molecule is CC1CN(C[C@H](O)CN2CCc3ccccc3C2)C(=O)c2ccc(Br)cc2O1. The van der Waals surface area contributed by atoms with Crippen molar-refractivity contribution >= 4 is 21.8 Å². The van der Waals surface area contributed by atoms with Crippen LogP contribution < -0.4 is 4.74 Å². The van der Waals surface area contributed by atoms with Crippen LogP contribution in [0.25, 0.3) is 0 Å². The molecule has 2 aromatic carbocycles. The van der Waals surface area contributed by atoms with Gasteiger partial charge < -0.3 is 14.7 Å². The minimum atomic E-state index is -0.599. The first-order valence-electron chi connectivity index (χ1n) is 9.72.